The Hall–Kier alpha value is -1.86. The lowest BCUT2D eigenvalue weighted by Gasteiger charge is -2.21. The molecule has 1 aliphatic carbocycles. The van der Waals surface area contributed by atoms with Crippen LogP contribution in [0.4, 0.5) is 0 Å². The fraction of sp³-hybridized carbons (Fsp3) is 0.421. The maximum atomic E-state index is 12.7. The van der Waals surface area contributed by atoms with E-state index in [1.54, 1.807) is 36.1 Å². The van der Waals surface area contributed by atoms with Crippen LogP contribution in [0.2, 0.25) is 0 Å². The molecule has 1 aromatic rings. The van der Waals surface area contributed by atoms with Crippen LogP contribution in [-0.2, 0) is 9.59 Å². The zero-order valence-corrected chi connectivity index (χ0v) is 16.1. The van der Waals surface area contributed by atoms with Crippen molar-refractivity contribution in [1.29, 1.82) is 0 Å². The first-order chi connectivity index (χ1) is 12.5. The summed E-state index contributed by atoms with van der Waals surface area (Å²) < 4.78 is 6.15. The Labute approximate surface area is 162 Å². The van der Waals surface area contributed by atoms with E-state index in [0.29, 0.717) is 21.4 Å². The number of rotatable bonds is 6. The largest absolute Gasteiger partial charge is 0.479 e. The smallest absolute Gasteiger partial charge is 0.344 e. The van der Waals surface area contributed by atoms with Gasteiger partial charge in [0, 0.05) is 6.04 Å². The average Bonchev–Trinajstić information content (AvgIpc) is 3.21. The van der Waals surface area contributed by atoms with Gasteiger partial charge in [-0.2, -0.15) is 0 Å². The first-order valence-corrected chi connectivity index (χ1v) is 9.98. The number of thiocarbonyl (C=S) groups is 1. The van der Waals surface area contributed by atoms with Gasteiger partial charge in [-0.3, -0.25) is 9.69 Å². The molecule has 26 heavy (non-hydrogen) atoms. The highest BCUT2D eigenvalue weighted by atomic mass is 32.2. The molecule has 0 radical (unpaired) electrons. The number of hydrogen-bond acceptors (Lipinski definition) is 5. The molecule has 138 valence electrons. The first kappa shape index (κ1) is 18.9. The Bertz CT molecular complexity index is 756. The van der Waals surface area contributed by atoms with Gasteiger partial charge in [0.05, 0.1) is 4.91 Å². The maximum absolute atomic E-state index is 12.7. The second-order valence-electron chi connectivity index (χ2n) is 6.42. The van der Waals surface area contributed by atoms with Gasteiger partial charge in [0.15, 0.2) is 6.10 Å². The molecule has 5 nitrogen and oxygen atoms in total. The number of ether oxygens (including phenoxy) is 1. The summed E-state index contributed by atoms with van der Waals surface area (Å²) in [5.41, 5.74) is 0.787. The lowest BCUT2D eigenvalue weighted by atomic mass is 10.1. The van der Waals surface area contributed by atoms with E-state index in [-0.39, 0.29) is 11.9 Å². The minimum absolute atomic E-state index is 0.0322. The van der Waals surface area contributed by atoms with E-state index >= 15 is 0 Å². The Kier molecular flexibility index (Phi) is 5.98. The molecule has 1 unspecified atom stereocenters. The van der Waals surface area contributed by atoms with Crippen molar-refractivity contribution in [2.24, 2.45) is 0 Å². The molecule has 7 heteroatoms. The van der Waals surface area contributed by atoms with Crippen molar-refractivity contribution in [2.45, 2.75) is 51.2 Å². The number of carboxylic acid groups (broad SMARTS) is 1. The Morgan fingerprint density at radius 2 is 2.19 bits per heavy atom. The van der Waals surface area contributed by atoms with Crippen LogP contribution < -0.4 is 4.74 Å². The van der Waals surface area contributed by atoms with E-state index in [1.165, 1.54) is 11.8 Å². The van der Waals surface area contributed by atoms with E-state index in [4.69, 9.17) is 22.1 Å². The third-order valence-corrected chi connectivity index (χ3v) is 5.92. The van der Waals surface area contributed by atoms with Crippen LogP contribution in [0, 0.1) is 0 Å². The predicted octanol–water partition coefficient (Wildman–Crippen LogP) is 4.07. The monoisotopic (exact) mass is 391 g/mol. The van der Waals surface area contributed by atoms with E-state index in [1.807, 2.05) is 6.07 Å². The molecule has 3 rings (SSSR count). The van der Waals surface area contributed by atoms with Crippen molar-refractivity contribution < 1.29 is 19.4 Å². The number of amides is 1. The van der Waals surface area contributed by atoms with Crippen LogP contribution in [0.5, 0.6) is 5.75 Å². The van der Waals surface area contributed by atoms with Crippen LogP contribution >= 0.6 is 24.0 Å². The van der Waals surface area contributed by atoms with Crippen molar-refractivity contribution >= 4 is 46.3 Å². The summed E-state index contributed by atoms with van der Waals surface area (Å²) in [5, 5.41) is 9.13. The zero-order chi connectivity index (χ0) is 18.7. The Morgan fingerprint density at radius 1 is 1.46 bits per heavy atom. The fourth-order valence-electron chi connectivity index (χ4n) is 3.26. The normalized spacial score (nSPS) is 20.8. The van der Waals surface area contributed by atoms with Crippen LogP contribution in [-0.4, -0.2) is 38.3 Å². The Balaban J connectivity index is 1.77. The second-order valence-corrected chi connectivity index (χ2v) is 8.09. The van der Waals surface area contributed by atoms with Crippen LogP contribution in [0.1, 0.15) is 44.6 Å². The number of hydrogen-bond donors (Lipinski definition) is 1. The molecule has 2 aliphatic rings. The molecular weight excluding hydrogens is 370 g/mol. The van der Waals surface area contributed by atoms with Crippen LogP contribution in [0.15, 0.2) is 29.2 Å². The van der Waals surface area contributed by atoms with Gasteiger partial charge in [0.1, 0.15) is 10.1 Å². The Morgan fingerprint density at radius 3 is 2.85 bits per heavy atom. The summed E-state index contributed by atoms with van der Waals surface area (Å²) in [5.74, 6) is -0.551. The van der Waals surface area contributed by atoms with Gasteiger partial charge in [0.25, 0.3) is 5.91 Å². The molecule has 1 amide bonds. The molecule has 1 saturated heterocycles. The highest BCUT2D eigenvalue weighted by Gasteiger charge is 2.38. The molecule has 0 spiro atoms. The number of thioether (sulfide) groups is 1. The number of carbonyl (C=O) groups is 2. The molecule has 1 atom stereocenters. The number of benzene rings is 1. The molecule has 1 saturated carbocycles. The lowest BCUT2D eigenvalue weighted by Crippen LogP contribution is -2.36. The third-order valence-electron chi connectivity index (χ3n) is 4.59. The number of nitrogens with zero attached hydrogens (tertiary/aromatic N) is 1. The standard InChI is InChI=1S/C19H21NO4S2/c1-2-15(18(22)23)24-14-9-5-6-12(10-14)11-16-17(21)20(19(25)26-16)13-7-3-4-8-13/h5-6,9-11,13,15H,2-4,7-8H2,1H3,(H,22,23)/b16-11+. The van der Waals surface area contributed by atoms with E-state index < -0.39 is 12.1 Å². The third kappa shape index (κ3) is 4.10. The second kappa shape index (κ2) is 8.22. The van der Waals surface area contributed by atoms with Gasteiger partial charge in [-0.05, 0) is 43.0 Å². The van der Waals surface area contributed by atoms with Crippen molar-refractivity contribution in [3.8, 4) is 5.75 Å². The van der Waals surface area contributed by atoms with Crippen molar-refractivity contribution in [2.75, 3.05) is 0 Å². The van der Waals surface area contributed by atoms with Gasteiger partial charge in [-0.15, -0.1) is 0 Å². The molecular formula is C19H21NO4S2. The molecule has 1 aliphatic heterocycles. The molecule has 1 N–H and O–H groups in total. The molecule has 0 bridgehead atoms. The minimum atomic E-state index is -0.990. The van der Waals surface area contributed by atoms with Crippen LogP contribution in [0.3, 0.4) is 0 Å². The molecule has 0 aromatic heterocycles. The maximum Gasteiger partial charge on any atom is 0.344 e. The van der Waals surface area contributed by atoms with Gasteiger partial charge in [-0.25, -0.2) is 4.79 Å². The van der Waals surface area contributed by atoms with Crippen LogP contribution in [0.25, 0.3) is 6.08 Å². The van der Waals surface area contributed by atoms with Crippen molar-refractivity contribution in [3.63, 3.8) is 0 Å². The first-order valence-electron chi connectivity index (χ1n) is 8.76. The topological polar surface area (TPSA) is 66.8 Å². The highest BCUT2D eigenvalue weighted by molar-refractivity contribution is 8.26. The molecule has 2 fully saturated rings. The van der Waals surface area contributed by atoms with Crippen molar-refractivity contribution in [1.82, 2.24) is 4.90 Å². The predicted molar refractivity (Wildman–Crippen MR) is 106 cm³/mol. The van der Waals surface area contributed by atoms with Gasteiger partial charge >= 0.3 is 5.97 Å². The summed E-state index contributed by atoms with van der Waals surface area (Å²) in [7, 11) is 0. The number of carbonyl (C=O) groups excluding carboxylic acids is 1. The number of carboxylic acids is 1. The molecule has 1 aromatic carbocycles. The van der Waals surface area contributed by atoms with E-state index in [9.17, 15) is 9.59 Å². The number of aliphatic carboxylic acids is 1. The quantitative estimate of drug-likeness (QED) is 0.582. The van der Waals surface area contributed by atoms with Gasteiger partial charge < -0.3 is 9.84 Å². The summed E-state index contributed by atoms with van der Waals surface area (Å²) >= 11 is 6.74. The van der Waals surface area contributed by atoms with E-state index in [0.717, 1.165) is 31.2 Å². The SMILES string of the molecule is CCC(Oc1cccc(/C=C2/SC(=S)N(C3CCCC3)C2=O)c1)C(=O)O. The highest BCUT2D eigenvalue weighted by Crippen LogP contribution is 2.38. The van der Waals surface area contributed by atoms with Gasteiger partial charge in [0.2, 0.25) is 0 Å². The zero-order valence-electron chi connectivity index (χ0n) is 14.5. The fourth-order valence-corrected chi connectivity index (χ4v) is 4.66. The molecule has 1 heterocycles. The summed E-state index contributed by atoms with van der Waals surface area (Å²) in [6.45, 7) is 1.76. The van der Waals surface area contributed by atoms with Crippen molar-refractivity contribution in [3.05, 3.63) is 34.7 Å². The van der Waals surface area contributed by atoms with E-state index in [2.05, 4.69) is 0 Å². The lowest BCUT2D eigenvalue weighted by molar-refractivity contribution is -0.145. The summed E-state index contributed by atoms with van der Waals surface area (Å²) in [6.07, 6.45) is 5.59. The summed E-state index contributed by atoms with van der Waals surface area (Å²) in [4.78, 5) is 26.2. The van der Waals surface area contributed by atoms with Gasteiger partial charge in [-0.1, -0.05) is 55.9 Å². The average molecular weight is 392 g/mol. The minimum Gasteiger partial charge on any atom is -0.479 e. The summed E-state index contributed by atoms with van der Waals surface area (Å²) in [6, 6.07) is 7.33.